The zero-order valence-corrected chi connectivity index (χ0v) is 11.4. The third-order valence-electron chi connectivity index (χ3n) is 2.60. The van der Waals surface area contributed by atoms with Gasteiger partial charge in [-0.2, -0.15) is 0 Å². The van der Waals surface area contributed by atoms with E-state index in [1.807, 2.05) is 6.92 Å². The van der Waals surface area contributed by atoms with E-state index in [-0.39, 0.29) is 11.2 Å². The lowest BCUT2D eigenvalue weighted by atomic mass is 9.98. The molecule has 1 N–H and O–H groups in total. The van der Waals surface area contributed by atoms with Gasteiger partial charge in [0.25, 0.3) is 0 Å². The minimum absolute atomic E-state index is 0.189. The molecule has 0 unspecified atom stereocenters. The number of carbonyl (C=O) groups is 1. The second-order valence-corrected chi connectivity index (χ2v) is 6.10. The quantitative estimate of drug-likeness (QED) is 0.767. The molecule has 0 aliphatic carbocycles. The van der Waals surface area contributed by atoms with E-state index in [2.05, 4.69) is 32.6 Å². The van der Waals surface area contributed by atoms with Gasteiger partial charge < -0.3 is 9.84 Å². The molecule has 1 saturated heterocycles. The summed E-state index contributed by atoms with van der Waals surface area (Å²) in [5.74, 6) is -0.880. The maximum Gasteiger partial charge on any atom is 0.328 e. The van der Waals surface area contributed by atoms with Crippen LogP contribution >= 0.6 is 0 Å². The van der Waals surface area contributed by atoms with E-state index in [0.29, 0.717) is 6.54 Å². The highest BCUT2D eigenvalue weighted by Crippen LogP contribution is 2.28. The minimum Gasteiger partial charge on any atom is -0.478 e. The van der Waals surface area contributed by atoms with Gasteiger partial charge in [-0.1, -0.05) is 5.57 Å². The van der Waals surface area contributed by atoms with Crippen molar-refractivity contribution in [2.45, 2.75) is 45.8 Å². The fourth-order valence-corrected chi connectivity index (χ4v) is 2.67. The van der Waals surface area contributed by atoms with E-state index >= 15 is 0 Å². The van der Waals surface area contributed by atoms with Gasteiger partial charge in [0.1, 0.15) is 0 Å². The number of aliphatic carboxylic acids is 1. The number of hydrogen-bond donors (Lipinski definition) is 1. The molecule has 1 heterocycles. The van der Waals surface area contributed by atoms with Gasteiger partial charge >= 0.3 is 5.97 Å². The van der Waals surface area contributed by atoms with Gasteiger partial charge in [-0.15, -0.1) is 0 Å². The summed E-state index contributed by atoms with van der Waals surface area (Å²) in [5.41, 5.74) is 0.488. The average Bonchev–Trinajstić information content (AvgIpc) is 1.93. The molecule has 0 aromatic heterocycles. The molecule has 0 bridgehead atoms. The van der Waals surface area contributed by atoms with E-state index in [9.17, 15) is 4.79 Å². The monoisotopic (exact) mass is 241 g/mol. The summed E-state index contributed by atoms with van der Waals surface area (Å²) in [7, 11) is 0. The van der Waals surface area contributed by atoms with Crippen molar-refractivity contribution in [3.63, 3.8) is 0 Å². The summed E-state index contributed by atoms with van der Waals surface area (Å²) in [6.45, 7) is 12.4. The molecule has 4 heteroatoms. The van der Waals surface area contributed by atoms with Gasteiger partial charge in [0.05, 0.1) is 11.2 Å². The molecule has 0 radical (unpaired) electrons. The summed E-state index contributed by atoms with van der Waals surface area (Å²) >= 11 is 0. The molecule has 4 nitrogen and oxygen atoms in total. The van der Waals surface area contributed by atoms with Crippen LogP contribution in [0.3, 0.4) is 0 Å². The maximum atomic E-state index is 10.6. The second kappa shape index (κ2) is 4.78. The molecule has 0 atom stereocenters. The molecule has 1 aliphatic heterocycles. The van der Waals surface area contributed by atoms with Crippen molar-refractivity contribution >= 4 is 5.97 Å². The Kier molecular flexibility index (Phi) is 3.99. The molecule has 0 aromatic carbocycles. The molecule has 0 saturated carbocycles. The van der Waals surface area contributed by atoms with Crippen molar-refractivity contribution in [1.82, 2.24) is 4.90 Å². The Labute approximate surface area is 103 Å². The summed E-state index contributed by atoms with van der Waals surface area (Å²) in [6.07, 6.45) is 1.27. The second-order valence-electron chi connectivity index (χ2n) is 6.10. The highest BCUT2D eigenvalue weighted by Gasteiger charge is 2.37. The van der Waals surface area contributed by atoms with Gasteiger partial charge in [-0.25, -0.2) is 4.79 Å². The van der Waals surface area contributed by atoms with Crippen LogP contribution in [0, 0.1) is 0 Å². The topological polar surface area (TPSA) is 49.8 Å². The minimum atomic E-state index is -0.880. The Morgan fingerprint density at radius 3 is 2.18 bits per heavy atom. The third-order valence-corrected chi connectivity index (χ3v) is 2.60. The Morgan fingerprint density at radius 2 is 1.76 bits per heavy atom. The van der Waals surface area contributed by atoms with Crippen LogP contribution in [0.4, 0.5) is 0 Å². The highest BCUT2D eigenvalue weighted by molar-refractivity contribution is 5.80. The van der Waals surface area contributed by atoms with Crippen LogP contribution in [0.15, 0.2) is 11.6 Å². The maximum absolute atomic E-state index is 10.6. The molecule has 1 fully saturated rings. The smallest absolute Gasteiger partial charge is 0.328 e. The fraction of sp³-hybridized carbons (Fsp3) is 0.769. The highest BCUT2D eigenvalue weighted by atomic mass is 16.5. The van der Waals surface area contributed by atoms with Crippen molar-refractivity contribution in [2.24, 2.45) is 0 Å². The normalized spacial score (nSPS) is 24.6. The first-order valence-electron chi connectivity index (χ1n) is 5.92. The number of rotatable bonds is 3. The molecule has 98 valence electrons. The van der Waals surface area contributed by atoms with Crippen molar-refractivity contribution in [1.29, 1.82) is 0 Å². The van der Waals surface area contributed by atoms with Gasteiger partial charge in [0, 0.05) is 25.7 Å². The lowest BCUT2D eigenvalue weighted by molar-refractivity contribution is -0.178. The predicted octanol–water partition coefficient (Wildman–Crippen LogP) is 1.91. The molecule has 1 aliphatic rings. The molecule has 0 aromatic rings. The number of morpholine rings is 1. The van der Waals surface area contributed by atoms with E-state index in [4.69, 9.17) is 9.84 Å². The predicted molar refractivity (Wildman–Crippen MR) is 67.1 cm³/mol. The van der Waals surface area contributed by atoms with Gasteiger partial charge in [-0.05, 0) is 34.6 Å². The number of carboxylic acid groups (broad SMARTS) is 1. The van der Waals surface area contributed by atoms with Crippen LogP contribution in [0.2, 0.25) is 0 Å². The van der Waals surface area contributed by atoms with Gasteiger partial charge in [0.2, 0.25) is 0 Å². The lowest BCUT2D eigenvalue weighted by Gasteiger charge is -2.47. The van der Waals surface area contributed by atoms with Crippen LogP contribution in [-0.4, -0.2) is 46.8 Å². The van der Waals surface area contributed by atoms with E-state index in [1.54, 1.807) is 0 Å². The van der Waals surface area contributed by atoms with Gasteiger partial charge in [0.15, 0.2) is 0 Å². The number of hydrogen-bond acceptors (Lipinski definition) is 3. The summed E-state index contributed by atoms with van der Waals surface area (Å²) in [4.78, 5) is 12.8. The average molecular weight is 241 g/mol. The lowest BCUT2D eigenvalue weighted by Crippen LogP contribution is -2.57. The standard InChI is InChI=1S/C13H23NO3/c1-10(6-11(15)16)7-14-8-12(2,3)17-13(4,5)9-14/h6H,7-9H2,1-5H3,(H,15,16). The van der Waals surface area contributed by atoms with Crippen LogP contribution in [0.25, 0.3) is 0 Å². The molecule has 0 spiro atoms. The molecule has 0 amide bonds. The summed E-state index contributed by atoms with van der Waals surface area (Å²) in [5, 5.41) is 8.70. The fourth-order valence-electron chi connectivity index (χ4n) is 2.67. The first kappa shape index (κ1) is 14.2. The zero-order valence-electron chi connectivity index (χ0n) is 11.4. The van der Waals surface area contributed by atoms with Crippen molar-refractivity contribution in [3.8, 4) is 0 Å². The van der Waals surface area contributed by atoms with Crippen LogP contribution in [0.5, 0.6) is 0 Å². The Balaban J connectivity index is 2.69. The Hall–Kier alpha value is -0.870. The number of carboxylic acids is 1. The third kappa shape index (κ3) is 4.88. The van der Waals surface area contributed by atoms with Crippen LogP contribution < -0.4 is 0 Å². The SMILES string of the molecule is CC(=CC(=O)O)CN1CC(C)(C)OC(C)(C)C1. The van der Waals surface area contributed by atoms with E-state index in [1.165, 1.54) is 6.08 Å². The van der Waals surface area contributed by atoms with Crippen LogP contribution in [0.1, 0.15) is 34.6 Å². The van der Waals surface area contributed by atoms with Crippen molar-refractivity contribution in [3.05, 3.63) is 11.6 Å². The van der Waals surface area contributed by atoms with E-state index < -0.39 is 5.97 Å². The number of ether oxygens (including phenoxy) is 1. The molecular weight excluding hydrogens is 218 g/mol. The summed E-state index contributed by atoms with van der Waals surface area (Å²) < 4.78 is 5.98. The van der Waals surface area contributed by atoms with Gasteiger partial charge in [-0.3, -0.25) is 4.90 Å². The summed E-state index contributed by atoms with van der Waals surface area (Å²) in [6, 6.07) is 0. The Morgan fingerprint density at radius 1 is 1.29 bits per heavy atom. The number of nitrogens with zero attached hydrogens (tertiary/aromatic N) is 1. The van der Waals surface area contributed by atoms with Crippen molar-refractivity contribution in [2.75, 3.05) is 19.6 Å². The molecule has 17 heavy (non-hydrogen) atoms. The molecule has 1 rings (SSSR count). The Bertz CT molecular complexity index is 316. The van der Waals surface area contributed by atoms with E-state index in [0.717, 1.165) is 18.7 Å². The van der Waals surface area contributed by atoms with Crippen LogP contribution in [-0.2, 0) is 9.53 Å². The first-order chi connectivity index (χ1) is 7.60. The largest absolute Gasteiger partial charge is 0.478 e. The first-order valence-corrected chi connectivity index (χ1v) is 5.92. The van der Waals surface area contributed by atoms with Crippen molar-refractivity contribution < 1.29 is 14.6 Å². The molecular formula is C13H23NO3. The zero-order chi connectivity index (χ0) is 13.3.